The molecule has 6 rings (SSSR count). The molecule has 2 aromatic heterocycles. The van der Waals surface area contributed by atoms with Crippen molar-refractivity contribution < 1.29 is 14.7 Å². The van der Waals surface area contributed by atoms with Crippen LogP contribution in [0.3, 0.4) is 0 Å². The molecule has 1 fully saturated rings. The number of carbonyl (C=O) groups is 2. The molecule has 0 aliphatic heterocycles. The first-order valence-electron chi connectivity index (χ1n) is 14.1. The number of nitrogens with one attached hydrogen (secondary N) is 1. The highest BCUT2D eigenvalue weighted by Gasteiger charge is 2.24. The summed E-state index contributed by atoms with van der Waals surface area (Å²) in [5, 5.41) is 13.7. The highest BCUT2D eigenvalue weighted by atomic mass is 16.4. The predicted molar refractivity (Wildman–Crippen MR) is 161 cm³/mol. The van der Waals surface area contributed by atoms with E-state index in [1.54, 1.807) is 12.1 Å². The van der Waals surface area contributed by atoms with E-state index in [1.165, 1.54) is 18.4 Å². The van der Waals surface area contributed by atoms with Gasteiger partial charge in [0.05, 0.1) is 17.3 Å². The summed E-state index contributed by atoms with van der Waals surface area (Å²) in [4.78, 5) is 29.4. The first-order chi connectivity index (χ1) is 19.8. The maximum Gasteiger partial charge on any atom is 0.336 e. The van der Waals surface area contributed by atoms with Gasteiger partial charge in [-0.05, 0) is 104 Å². The summed E-state index contributed by atoms with van der Waals surface area (Å²) < 4.78 is 2.27. The van der Waals surface area contributed by atoms with Crippen LogP contribution < -0.4 is 5.32 Å². The van der Waals surface area contributed by atoms with Gasteiger partial charge in [0.1, 0.15) is 0 Å². The van der Waals surface area contributed by atoms with Gasteiger partial charge in [-0.15, -0.1) is 0 Å². The molecule has 1 amide bonds. The molecule has 1 atom stereocenters. The van der Waals surface area contributed by atoms with Crippen LogP contribution in [0.4, 0.5) is 0 Å². The smallest absolute Gasteiger partial charge is 0.336 e. The van der Waals surface area contributed by atoms with Gasteiger partial charge < -0.3 is 15.0 Å². The minimum Gasteiger partial charge on any atom is -0.478 e. The monoisotopic (exact) mass is 543 g/mol. The summed E-state index contributed by atoms with van der Waals surface area (Å²) >= 11 is 0. The summed E-state index contributed by atoms with van der Waals surface area (Å²) in [5.74, 6) is -0.402. The second-order valence-corrected chi connectivity index (χ2v) is 11.1. The zero-order valence-corrected chi connectivity index (χ0v) is 23.5. The van der Waals surface area contributed by atoms with Crippen molar-refractivity contribution >= 4 is 22.8 Å². The summed E-state index contributed by atoms with van der Waals surface area (Å²) in [6.07, 6.45) is 4.31. The SMILES string of the molecule is Cc1c(C)n(Cc2ccc(-c3ccccc3C(=O)O)cc2)c2ccc(C(=O)NC(C)c3cc(C4CC4)ccn3)cc12. The summed E-state index contributed by atoms with van der Waals surface area (Å²) in [6.45, 7) is 6.85. The van der Waals surface area contributed by atoms with Gasteiger partial charge >= 0.3 is 5.97 Å². The highest BCUT2D eigenvalue weighted by molar-refractivity contribution is 5.99. The lowest BCUT2D eigenvalue weighted by molar-refractivity contribution is 0.0697. The third-order valence-electron chi connectivity index (χ3n) is 8.31. The molecule has 0 saturated heterocycles. The molecular weight excluding hydrogens is 510 g/mol. The second kappa shape index (κ2) is 10.7. The van der Waals surface area contributed by atoms with Gasteiger partial charge in [-0.25, -0.2) is 4.79 Å². The van der Waals surface area contributed by atoms with Gasteiger partial charge in [-0.3, -0.25) is 9.78 Å². The Morgan fingerprint density at radius 3 is 2.49 bits per heavy atom. The van der Waals surface area contributed by atoms with Crippen LogP contribution in [0.1, 0.15) is 80.5 Å². The minimum absolute atomic E-state index is 0.111. The van der Waals surface area contributed by atoms with Gasteiger partial charge in [-0.1, -0.05) is 42.5 Å². The number of aryl methyl sites for hydroxylation is 1. The third kappa shape index (κ3) is 5.25. The lowest BCUT2D eigenvalue weighted by Crippen LogP contribution is -2.27. The van der Waals surface area contributed by atoms with Crippen molar-refractivity contribution in [3.63, 3.8) is 0 Å². The lowest BCUT2D eigenvalue weighted by atomic mass is 9.99. The van der Waals surface area contributed by atoms with E-state index < -0.39 is 5.97 Å². The average molecular weight is 544 g/mol. The summed E-state index contributed by atoms with van der Waals surface area (Å²) in [5.41, 5.74) is 9.17. The Balaban J connectivity index is 1.22. The lowest BCUT2D eigenvalue weighted by Gasteiger charge is -2.15. The standard InChI is InChI=1S/C35H33N3O3/c1-21-23(3)38(20-24-8-10-26(11-9-24)29-6-4-5-7-30(29)35(40)41)33-15-14-28(18-31(21)33)34(39)37-22(2)32-19-27(16-17-36-32)25-12-13-25/h4-11,14-19,22,25H,12-13,20H2,1-3H3,(H,37,39)(H,40,41). The van der Waals surface area contributed by atoms with Gasteiger partial charge in [0, 0.05) is 34.9 Å². The van der Waals surface area contributed by atoms with Gasteiger partial charge in [0.2, 0.25) is 0 Å². The number of carboxylic acid groups (broad SMARTS) is 1. The van der Waals surface area contributed by atoms with Crippen LogP contribution >= 0.6 is 0 Å². The van der Waals surface area contributed by atoms with Crippen molar-refractivity contribution in [1.82, 2.24) is 14.9 Å². The quantitative estimate of drug-likeness (QED) is 0.213. The Morgan fingerprint density at radius 2 is 1.76 bits per heavy atom. The number of hydrogen-bond donors (Lipinski definition) is 2. The van der Waals surface area contributed by atoms with E-state index in [-0.39, 0.29) is 11.9 Å². The van der Waals surface area contributed by atoms with E-state index in [9.17, 15) is 14.7 Å². The Kier molecular flexibility index (Phi) is 6.91. The number of pyridine rings is 1. The Morgan fingerprint density at radius 1 is 1.00 bits per heavy atom. The molecule has 1 aliphatic rings. The molecule has 1 saturated carbocycles. The Labute approximate surface area is 239 Å². The molecule has 0 radical (unpaired) electrons. The molecule has 0 spiro atoms. The zero-order valence-electron chi connectivity index (χ0n) is 23.5. The molecule has 2 heterocycles. The maximum atomic E-state index is 13.2. The van der Waals surface area contributed by atoms with Crippen molar-refractivity contribution in [3.8, 4) is 11.1 Å². The van der Waals surface area contributed by atoms with Gasteiger partial charge in [-0.2, -0.15) is 0 Å². The molecule has 41 heavy (non-hydrogen) atoms. The summed E-state index contributed by atoms with van der Waals surface area (Å²) in [7, 11) is 0. The van der Waals surface area contributed by atoms with Crippen molar-refractivity contribution in [1.29, 1.82) is 0 Å². The number of carboxylic acids is 1. The van der Waals surface area contributed by atoms with Crippen molar-refractivity contribution in [2.45, 2.75) is 52.1 Å². The Bertz CT molecular complexity index is 1780. The first-order valence-corrected chi connectivity index (χ1v) is 14.1. The maximum absolute atomic E-state index is 13.2. The van der Waals surface area contributed by atoms with Crippen LogP contribution in [0, 0.1) is 13.8 Å². The fraction of sp³-hybridized carbons (Fsp3) is 0.229. The molecule has 5 aromatic rings. The number of rotatable bonds is 8. The normalized spacial score (nSPS) is 13.7. The van der Waals surface area contributed by atoms with Crippen molar-refractivity contribution in [2.75, 3.05) is 0 Å². The molecule has 206 valence electrons. The predicted octanol–water partition coefficient (Wildman–Crippen LogP) is 7.44. The van der Waals surface area contributed by atoms with E-state index >= 15 is 0 Å². The van der Waals surface area contributed by atoms with E-state index in [0.29, 0.717) is 29.2 Å². The number of benzene rings is 3. The topological polar surface area (TPSA) is 84.2 Å². The number of amides is 1. The van der Waals surface area contributed by atoms with Crippen molar-refractivity contribution in [3.05, 3.63) is 124 Å². The second-order valence-electron chi connectivity index (χ2n) is 11.1. The van der Waals surface area contributed by atoms with Gasteiger partial charge in [0.25, 0.3) is 5.91 Å². The van der Waals surface area contributed by atoms with E-state index in [4.69, 9.17) is 0 Å². The zero-order chi connectivity index (χ0) is 28.7. The van der Waals surface area contributed by atoms with Crippen LogP contribution in [0.2, 0.25) is 0 Å². The number of fused-ring (bicyclic) bond motifs is 1. The van der Waals surface area contributed by atoms with E-state index in [1.807, 2.05) is 67.7 Å². The molecule has 3 aromatic carbocycles. The number of carbonyl (C=O) groups excluding carboxylic acids is 1. The van der Waals surface area contributed by atoms with Crippen LogP contribution in [-0.4, -0.2) is 26.5 Å². The van der Waals surface area contributed by atoms with Gasteiger partial charge in [0.15, 0.2) is 0 Å². The average Bonchev–Trinajstić information content (AvgIpc) is 3.82. The summed E-state index contributed by atoms with van der Waals surface area (Å²) in [6, 6.07) is 25.0. The number of aromatic carboxylic acids is 1. The Hall–Kier alpha value is -4.71. The molecule has 1 aliphatic carbocycles. The molecule has 2 N–H and O–H groups in total. The molecule has 6 heteroatoms. The molecule has 6 nitrogen and oxygen atoms in total. The molecule has 0 bridgehead atoms. The largest absolute Gasteiger partial charge is 0.478 e. The fourth-order valence-electron chi connectivity index (χ4n) is 5.62. The highest BCUT2D eigenvalue weighted by Crippen LogP contribution is 2.40. The van der Waals surface area contributed by atoms with Crippen LogP contribution in [0.25, 0.3) is 22.0 Å². The van der Waals surface area contributed by atoms with Crippen molar-refractivity contribution in [2.24, 2.45) is 0 Å². The third-order valence-corrected chi connectivity index (χ3v) is 8.31. The fourth-order valence-corrected chi connectivity index (χ4v) is 5.62. The number of hydrogen-bond acceptors (Lipinski definition) is 3. The first kappa shape index (κ1) is 26.5. The minimum atomic E-state index is -0.934. The van der Waals surface area contributed by atoms with E-state index in [0.717, 1.165) is 39.0 Å². The number of nitrogens with zero attached hydrogens (tertiary/aromatic N) is 2. The van der Waals surface area contributed by atoms with Crippen LogP contribution in [0.5, 0.6) is 0 Å². The molecule has 1 unspecified atom stereocenters. The van der Waals surface area contributed by atoms with E-state index in [2.05, 4.69) is 40.8 Å². The van der Waals surface area contributed by atoms with Crippen LogP contribution in [-0.2, 0) is 6.54 Å². The molecular formula is C35H33N3O3. The van der Waals surface area contributed by atoms with Crippen LogP contribution in [0.15, 0.2) is 85.1 Å². The number of aromatic nitrogens is 2.